The molecule has 1 aromatic carbocycles. The van der Waals surface area contributed by atoms with Crippen molar-refractivity contribution in [2.24, 2.45) is 5.92 Å². The molecule has 2 rings (SSSR count). The standard InChI is InChI=1S/C16H19N3O3/c1-10(2)8-14(16(21)22)17-15(20)13-9-12(18-19-13)11-6-4-3-5-7-11/h3-7,9-10,14H,8H2,1-2H3,(H,17,20)(H,18,19)(H,21,22)/t14-/m0/s1. The van der Waals surface area contributed by atoms with Gasteiger partial charge in [0, 0.05) is 5.56 Å². The lowest BCUT2D eigenvalue weighted by atomic mass is 10.0. The third-order valence-corrected chi connectivity index (χ3v) is 3.20. The van der Waals surface area contributed by atoms with Crippen LogP contribution < -0.4 is 5.32 Å². The van der Waals surface area contributed by atoms with Crippen LogP contribution in [0.4, 0.5) is 0 Å². The zero-order chi connectivity index (χ0) is 16.1. The summed E-state index contributed by atoms with van der Waals surface area (Å²) < 4.78 is 0. The van der Waals surface area contributed by atoms with Gasteiger partial charge in [-0.15, -0.1) is 0 Å². The summed E-state index contributed by atoms with van der Waals surface area (Å²) in [6, 6.07) is 10.1. The van der Waals surface area contributed by atoms with Gasteiger partial charge in [-0.1, -0.05) is 44.2 Å². The first-order chi connectivity index (χ1) is 10.5. The number of nitrogens with one attached hydrogen (secondary N) is 2. The van der Waals surface area contributed by atoms with E-state index in [2.05, 4.69) is 15.5 Å². The summed E-state index contributed by atoms with van der Waals surface area (Å²) in [5.74, 6) is -1.34. The highest BCUT2D eigenvalue weighted by atomic mass is 16.4. The lowest BCUT2D eigenvalue weighted by molar-refractivity contribution is -0.139. The van der Waals surface area contributed by atoms with Gasteiger partial charge in [-0.3, -0.25) is 9.89 Å². The molecule has 6 nitrogen and oxygen atoms in total. The lowest BCUT2D eigenvalue weighted by Crippen LogP contribution is -2.41. The summed E-state index contributed by atoms with van der Waals surface area (Å²) in [7, 11) is 0. The van der Waals surface area contributed by atoms with Gasteiger partial charge in [-0.2, -0.15) is 5.10 Å². The van der Waals surface area contributed by atoms with E-state index in [4.69, 9.17) is 5.11 Å². The third-order valence-electron chi connectivity index (χ3n) is 3.20. The van der Waals surface area contributed by atoms with E-state index in [1.54, 1.807) is 6.07 Å². The van der Waals surface area contributed by atoms with Crippen molar-refractivity contribution in [3.05, 3.63) is 42.1 Å². The van der Waals surface area contributed by atoms with Crippen molar-refractivity contribution in [3.8, 4) is 11.3 Å². The Hall–Kier alpha value is -2.63. The van der Waals surface area contributed by atoms with Gasteiger partial charge in [0.1, 0.15) is 11.7 Å². The van der Waals surface area contributed by atoms with Crippen LogP contribution in [0.3, 0.4) is 0 Å². The number of aliphatic carboxylic acids is 1. The van der Waals surface area contributed by atoms with E-state index >= 15 is 0 Å². The summed E-state index contributed by atoms with van der Waals surface area (Å²) in [6.07, 6.45) is 0.376. The molecule has 0 aliphatic heterocycles. The van der Waals surface area contributed by atoms with E-state index in [9.17, 15) is 9.59 Å². The van der Waals surface area contributed by atoms with Gasteiger partial charge in [0.2, 0.25) is 0 Å². The zero-order valence-electron chi connectivity index (χ0n) is 12.5. The Balaban J connectivity index is 2.10. The highest BCUT2D eigenvalue weighted by Crippen LogP contribution is 2.17. The average molecular weight is 301 g/mol. The van der Waals surface area contributed by atoms with Gasteiger partial charge in [-0.25, -0.2) is 4.79 Å². The molecule has 0 saturated heterocycles. The van der Waals surface area contributed by atoms with Crippen LogP contribution >= 0.6 is 0 Å². The molecule has 2 aromatic rings. The predicted molar refractivity (Wildman–Crippen MR) is 82.4 cm³/mol. The Morgan fingerprint density at radius 3 is 2.55 bits per heavy atom. The van der Waals surface area contributed by atoms with E-state index < -0.39 is 17.9 Å². The fourth-order valence-corrected chi connectivity index (χ4v) is 2.12. The molecule has 1 amide bonds. The predicted octanol–water partition coefficient (Wildman–Crippen LogP) is 2.31. The van der Waals surface area contributed by atoms with Gasteiger partial charge in [0.15, 0.2) is 0 Å². The number of nitrogens with zero attached hydrogens (tertiary/aromatic N) is 1. The van der Waals surface area contributed by atoms with Crippen LogP contribution in [0, 0.1) is 5.92 Å². The van der Waals surface area contributed by atoms with Crippen LogP contribution in [-0.4, -0.2) is 33.2 Å². The van der Waals surface area contributed by atoms with Crippen LogP contribution in [0.2, 0.25) is 0 Å². The number of hydrogen-bond donors (Lipinski definition) is 3. The monoisotopic (exact) mass is 301 g/mol. The summed E-state index contributed by atoms with van der Waals surface area (Å²) in [6.45, 7) is 3.82. The molecule has 116 valence electrons. The van der Waals surface area contributed by atoms with Crippen molar-refractivity contribution >= 4 is 11.9 Å². The second-order valence-electron chi connectivity index (χ2n) is 5.53. The molecule has 0 bridgehead atoms. The van der Waals surface area contributed by atoms with Crippen LogP contribution in [0.5, 0.6) is 0 Å². The van der Waals surface area contributed by atoms with Crippen LogP contribution in [0.25, 0.3) is 11.3 Å². The fraction of sp³-hybridized carbons (Fsp3) is 0.312. The number of carboxylic acid groups (broad SMARTS) is 1. The number of carbonyl (C=O) groups is 2. The maximum absolute atomic E-state index is 12.1. The third kappa shape index (κ3) is 3.94. The minimum atomic E-state index is -1.04. The number of hydrogen-bond acceptors (Lipinski definition) is 3. The van der Waals surface area contributed by atoms with Crippen LogP contribution in [-0.2, 0) is 4.79 Å². The van der Waals surface area contributed by atoms with Crippen molar-refractivity contribution in [3.63, 3.8) is 0 Å². The molecule has 0 saturated carbocycles. The topological polar surface area (TPSA) is 95.1 Å². The second-order valence-corrected chi connectivity index (χ2v) is 5.53. The summed E-state index contributed by atoms with van der Waals surface area (Å²) in [5.41, 5.74) is 1.77. The zero-order valence-corrected chi connectivity index (χ0v) is 12.5. The molecule has 0 aliphatic rings. The minimum absolute atomic E-state index is 0.169. The van der Waals surface area contributed by atoms with Crippen LogP contribution in [0.1, 0.15) is 30.8 Å². The summed E-state index contributed by atoms with van der Waals surface area (Å²) in [4.78, 5) is 23.3. The van der Waals surface area contributed by atoms with Gasteiger partial charge in [0.05, 0.1) is 5.69 Å². The molecule has 3 N–H and O–H groups in total. The van der Waals surface area contributed by atoms with E-state index in [1.807, 2.05) is 44.2 Å². The largest absolute Gasteiger partial charge is 0.480 e. The SMILES string of the molecule is CC(C)C[C@H](NC(=O)c1cc(-c2ccccc2)n[nH]1)C(=O)O. The first kappa shape index (κ1) is 15.8. The van der Waals surface area contributed by atoms with Gasteiger partial charge < -0.3 is 10.4 Å². The average Bonchev–Trinajstić information content (AvgIpc) is 2.96. The molecular formula is C16H19N3O3. The number of rotatable bonds is 6. The Morgan fingerprint density at radius 2 is 1.95 bits per heavy atom. The quantitative estimate of drug-likeness (QED) is 0.763. The van der Waals surface area contributed by atoms with Crippen molar-refractivity contribution in [1.29, 1.82) is 0 Å². The number of carboxylic acids is 1. The highest BCUT2D eigenvalue weighted by Gasteiger charge is 2.22. The maximum atomic E-state index is 12.1. The normalized spacial score (nSPS) is 12.1. The van der Waals surface area contributed by atoms with Crippen molar-refractivity contribution < 1.29 is 14.7 Å². The Morgan fingerprint density at radius 1 is 1.27 bits per heavy atom. The molecule has 1 aromatic heterocycles. The number of aromatic nitrogens is 2. The molecular weight excluding hydrogens is 282 g/mol. The molecule has 0 radical (unpaired) electrons. The molecule has 22 heavy (non-hydrogen) atoms. The molecule has 0 unspecified atom stereocenters. The highest BCUT2D eigenvalue weighted by molar-refractivity contribution is 5.95. The number of carbonyl (C=O) groups excluding carboxylic acids is 1. The molecule has 0 fully saturated rings. The van der Waals surface area contributed by atoms with Crippen LogP contribution in [0.15, 0.2) is 36.4 Å². The Kier molecular flexibility index (Phi) is 4.93. The number of H-pyrrole nitrogens is 1. The van der Waals surface area contributed by atoms with E-state index in [0.29, 0.717) is 12.1 Å². The van der Waals surface area contributed by atoms with E-state index in [1.165, 1.54) is 0 Å². The number of amides is 1. The molecule has 0 spiro atoms. The maximum Gasteiger partial charge on any atom is 0.326 e. The van der Waals surface area contributed by atoms with Gasteiger partial charge >= 0.3 is 5.97 Å². The summed E-state index contributed by atoms with van der Waals surface area (Å²) in [5, 5.41) is 18.4. The molecule has 1 atom stereocenters. The van der Waals surface area contributed by atoms with Crippen molar-refractivity contribution in [1.82, 2.24) is 15.5 Å². The number of benzene rings is 1. The first-order valence-electron chi connectivity index (χ1n) is 7.12. The second kappa shape index (κ2) is 6.89. The lowest BCUT2D eigenvalue weighted by Gasteiger charge is -2.15. The van der Waals surface area contributed by atoms with Crippen molar-refractivity contribution in [2.75, 3.05) is 0 Å². The van der Waals surface area contributed by atoms with E-state index in [-0.39, 0.29) is 11.6 Å². The Labute approximate surface area is 128 Å². The molecule has 6 heteroatoms. The smallest absolute Gasteiger partial charge is 0.326 e. The minimum Gasteiger partial charge on any atom is -0.480 e. The van der Waals surface area contributed by atoms with E-state index in [0.717, 1.165) is 5.56 Å². The molecule has 0 aliphatic carbocycles. The number of aromatic amines is 1. The summed E-state index contributed by atoms with van der Waals surface area (Å²) >= 11 is 0. The Bertz CT molecular complexity index is 650. The van der Waals surface area contributed by atoms with Crippen molar-refractivity contribution in [2.45, 2.75) is 26.3 Å². The molecule has 1 heterocycles. The van der Waals surface area contributed by atoms with Gasteiger partial charge in [0.25, 0.3) is 5.91 Å². The van der Waals surface area contributed by atoms with Gasteiger partial charge in [-0.05, 0) is 18.4 Å². The first-order valence-corrected chi connectivity index (χ1v) is 7.12. The fourth-order valence-electron chi connectivity index (χ4n) is 2.12.